The Hall–Kier alpha value is -4.12. The quantitative estimate of drug-likeness (QED) is 0.186. The largest absolute Gasteiger partial charge is 0.511 e. The van der Waals surface area contributed by atoms with Crippen LogP contribution in [0.25, 0.3) is 0 Å². The number of nitrogens with one attached hydrogen (secondary N) is 1. The van der Waals surface area contributed by atoms with Crippen LogP contribution in [-0.4, -0.2) is 71.0 Å². The lowest BCUT2D eigenvalue weighted by molar-refractivity contribution is -0.145. The Morgan fingerprint density at radius 2 is 1.77 bits per heavy atom. The van der Waals surface area contributed by atoms with Crippen LogP contribution in [0.5, 0.6) is 0 Å². The molecule has 6 rings (SSSR count). The molecule has 0 amide bonds. The van der Waals surface area contributed by atoms with Crippen LogP contribution in [0, 0.1) is 11.8 Å². The molecule has 5 aliphatic heterocycles. The predicted octanol–water partition coefficient (Wildman–Crippen LogP) is 5.37. The molecule has 248 valence electrons. The average molecular weight is 641 g/mol. The summed E-state index contributed by atoms with van der Waals surface area (Å²) >= 11 is 0. The lowest BCUT2D eigenvalue weighted by atomic mass is 9.86. The van der Waals surface area contributed by atoms with Gasteiger partial charge in [-0.2, -0.15) is 0 Å². The summed E-state index contributed by atoms with van der Waals surface area (Å²) in [6, 6.07) is 0. The third-order valence-electron chi connectivity index (χ3n) is 9.90. The maximum atomic E-state index is 12.7. The molecule has 6 aliphatic rings. The molecule has 1 saturated heterocycles. The van der Waals surface area contributed by atoms with Gasteiger partial charge in [0.1, 0.15) is 12.4 Å². The van der Waals surface area contributed by atoms with E-state index in [0.717, 1.165) is 85.4 Å². The monoisotopic (exact) mass is 640 g/mol. The highest BCUT2D eigenvalue weighted by Crippen LogP contribution is 2.46. The van der Waals surface area contributed by atoms with Crippen LogP contribution in [0.3, 0.4) is 0 Å². The first-order valence-electron chi connectivity index (χ1n) is 16.5. The molecule has 3 atom stereocenters. The highest BCUT2D eigenvalue weighted by molar-refractivity contribution is 6.21. The smallest absolute Gasteiger partial charge is 0.305 e. The number of allylic oxidation sites excluding steroid dienone is 11. The van der Waals surface area contributed by atoms with E-state index < -0.39 is 6.10 Å². The van der Waals surface area contributed by atoms with Crippen molar-refractivity contribution >= 4 is 23.1 Å². The Morgan fingerprint density at radius 1 is 1.02 bits per heavy atom. The van der Waals surface area contributed by atoms with Crippen LogP contribution in [0.1, 0.15) is 67.2 Å². The van der Waals surface area contributed by atoms with Crippen molar-refractivity contribution in [1.82, 2.24) is 5.32 Å². The van der Waals surface area contributed by atoms with Crippen LogP contribution >= 0.6 is 0 Å². The van der Waals surface area contributed by atoms with Crippen LogP contribution in [0.15, 0.2) is 106 Å². The van der Waals surface area contributed by atoms with Gasteiger partial charge in [0.05, 0.1) is 60.2 Å². The van der Waals surface area contributed by atoms with E-state index in [1.807, 2.05) is 32.1 Å². The van der Waals surface area contributed by atoms with Crippen molar-refractivity contribution in [1.29, 1.82) is 0 Å². The fourth-order valence-electron chi connectivity index (χ4n) is 7.38. The van der Waals surface area contributed by atoms with Gasteiger partial charge in [-0.05, 0) is 81.1 Å². The Balaban J connectivity index is 1.45. The van der Waals surface area contributed by atoms with Crippen LogP contribution < -0.4 is 5.32 Å². The van der Waals surface area contributed by atoms with Crippen molar-refractivity contribution in [2.24, 2.45) is 26.8 Å². The number of hydrogen-bond donors (Lipinski definition) is 4. The lowest BCUT2D eigenvalue weighted by Gasteiger charge is -2.17. The van der Waals surface area contributed by atoms with Gasteiger partial charge >= 0.3 is 5.97 Å². The summed E-state index contributed by atoms with van der Waals surface area (Å²) in [5, 5.41) is 34.7. The van der Waals surface area contributed by atoms with Gasteiger partial charge in [-0.1, -0.05) is 13.8 Å². The van der Waals surface area contributed by atoms with Crippen molar-refractivity contribution in [3.63, 3.8) is 0 Å². The summed E-state index contributed by atoms with van der Waals surface area (Å²) in [6.45, 7) is 12.5. The van der Waals surface area contributed by atoms with E-state index >= 15 is 0 Å². The zero-order chi connectivity index (χ0) is 33.6. The second-order valence-corrected chi connectivity index (χ2v) is 12.8. The number of fused-ring (bicyclic) bond motifs is 5. The van der Waals surface area contributed by atoms with Gasteiger partial charge in [-0.3, -0.25) is 4.79 Å². The number of ether oxygens (including phenoxy) is 2. The number of rotatable bonds is 10. The van der Waals surface area contributed by atoms with E-state index in [1.165, 1.54) is 0 Å². The summed E-state index contributed by atoms with van der Waals surface area (Å²) in [5.41, 5.74) is 13.0. The molecule has 10 heteroatoms. The maximum absolute atomic E-state index is 12.7. The van der Waals surface area contributed by atoms with E-state index in [1.54, 1.807) is 6.92 Å². The van der Waals surface area contributed by atoms with Crippen molar-refractivity contribution < 1.29 is 29.6 Å². The first-order valence-corrected chi connectivity index (χ1v) is 16.5. The molecule has 10 nitrogen and oxygen atoms in total. The average Bonchev–Trinajstić information content (AvgIpc) is 3.78. The first-order chi connectivity index (χ1) is 22.5. The molecule has 1 fully saturated rings. The predicted molar refractivity (Wildman–Crippen MR) is 182 cm³/mol. The number of aliphatic hydroxyl groups excluding tert-OH is 3. The van der Waals surface area contributed by atoms with E-state index in [-0.39, 0.29) is 56.4 Å². The standard InChI is InChI=1S/C37H44N4O6/c1-7-23-18(2)26-17-31-34(22(6)43)20(4)28(39-31)15-27-19(3)24(8-9-33(45)47-13-12-46-11-10-42)36(40-27)25-14-32(44)35-21(5)29(41-37(25)35)16-30(23)38-26/h15-17,19,22,24,40,42-44H,7-14H2,1-6H3/t19-,22-,24-/m0/s1. The summed E-state index contributed by atoms with van der Waals surface area (Å²) in [6.07, 6.45) is 7.18. The third kappa shape index (κ3) is 5.94. The number of carbonyl (C=O) groups is 1. The molecule has 0 unspecified atom stereocenters. The van der Waals surface area contributed by atoms with Crippen molar-refractivity contribution in [3.05, 3.63) is 91.5 Å². The van der Waals surface area contributed by atoms with Crippen LogP contribution in [0.2, 0.25) is 0 Å². The van der Waals surface area contributed by atoms with Gasteiger partial charge in [0, 0.05) is 52.8 Å². The molecule has 4 N–H and O–H groups in total. The van der Waals surface area contributed by atoms with Gasteiger partial charge < -0.3 is 30.1 Å². The molecular formula is C37H44N4O6. The molecular weight excluding hydrogens is 596 g/mol. The van der Waals surface area contributed by atoms with Gasteiger partial charge in [0.25, 0.3) is 0 Å². The second-order valence-electron chi connectivity index (χ2n) is 12.8. The molecule has 0 aromatic rings. The van der Waals surface area contributed by atoms with Crippen LogP contribution in [0.4, 0.5) is 0 Å². The highest BCUT2D eigenvalue weighted by atomic mass is 16.6. The van der Waals surface area contributed by atoms with Crippen molar-refractivity contribution in [3.8, 4) is 0 Å². The fourth-order valence-corrected chi connectivity index (χ4v) is 7.38. The number of carbonyl (C=O) groups excluding carboxylic acids is 1. The summed E-state index contributed by atoms with van der Waals surface area (Å²) in [7, 11) is 0. The lowest BCUT2D eigenvalue weighted by Crippen LogP contribution is -2.17. The minimum Gasteiger partial charge on any atom is -0.511 e. The Kier molecular flexibility index (Phi) is 9.20. The molecule has 0 spiro atoms. The SMILES string of the molecule is CCC1=C(C)C2=NC1=CC1=C(C)C3=C(O)CC(=C4NC(=CC5=NC(=C2)C([C@H](C)O)=C5C)[C@@H](C)[C@@H]4CCC(=O)OCCOCCO)C3=N1. The number of aliphatic imine (C=N–C) groups is 3. The molecule has 0 saturated carbocycles. The second kappa shape index (κ2) is 13.2. The highest BCUT2D eigenvalue weighted by Gasteiger charge is 2.41. The number of aliphatic hydroxyl groups is 3. The minimum atomic E-state index is -0.723. The number of hydrogen-bond acceptors (Lipinski definition) is 10. The van der Waals surface area contributed by atoms with E-state index in [0.29, 0.717) is 18.5 Å². The van der Waals surface area contributed by atoms with E-state index in [9.17, 15) is 15.0 Å². The maximum Gasteiger partial charge on any atom is 0.305 e. The molecule has 0 aromatic heterocycles. The molecule has 0 radical (unpaired) electrons. The Morgan fingerprint density at radius 3 is 2.49 bits per heavy atom. The molecule has 5 heterocycles. The number of nitrogens with zero attached hydrogens (tertiary/aromatic N) is 3. The normalized spacial score (nSPS) is 24.1. The molecule has 47 heavy (non-hydrogen) atoms. The van der Waals surface area contributed by atoms with Crippen LogP contribution in [-0.2, 0) is 14.3 Å². The molecule has 8 bridgehead atoms. The minimum absolute atomic E-state index is 0.00563. The zero-order valence-corrected chi connectivity index (χ0v) is 28.0. The Labute approximate surface area is 275 Å². The summed E-state index contributed by atoms with van der Waals surface area (Å²) < 4.78 is 10.6. The topological polar surface area (TPSA) is 145 Å². The van der Waals surface area contributed by atoms with E-state index in [4.69, 9.17) is 29.6 Å². The van der Waals surface area contributed by atoms with Crippen molar-refractivity contribution in [2.75, 3.05) is 26.4 Å². The van der Waals surface area contributed by atoms with Gasteiger partial charge in [-0.15, -0.1) is 0 Å². The zero-order valence-electron chi connectivity index (χ0n) is 28.0. The van der Waals surface area contributed by atoms with E-state index in [2.05, 4.69) is 26.1 Å². The molecule has 1 aliphatic carbocycles. The fraction of sp³-hybridized carbons (Fsp3) is 0.459. The number of esters is 1. The molecule has 0 aromatic carbocycles. The summed E-state index contributed by atoms with van der Waals surface area (Å²) in [4.78, 5) is 27.9. The summed E-state index contributed by atoms with van der Waals surface area (Å²) in [5.74, 6) is -0.102. The van der Waals surface area contributed by atoms with Gasteiger partial charge in [0.2, 0.25) is 0 Å². The Bertz CT molecular complexity index is 1770. The van der Waals surface area contributed by atoms with Crippen molar-refractivity contribution in [2.45, 2.75) is 73.3 Å². The van der Waals surface area contributed by atoms with Gasteiger partial charge in [0.15, 0.2) is 0 Å². The third-order valence-corrected chi connectivity index (χ3v) is 9.90. The first kappa shape index (κ1) is 32.8. The van der Waals surface area contributed by atoms with Gasteiger partial charge in [-0.25, -0.2) is 15.0 Å².